The third-order valence-electron chi connectivity index (χ3n) is 3.16. The van der Waals surface area contributed by atoms with Gasteiger partial charge < -0.3 is 25.2 Å². The van der Waals surface area contributed by atoms with Gasteiger partial charge >= 0.3 is 17.9 Å². The normalized spacial score (nSPS) is 8.58. The number of hydrogen-bond donors (Lipinski definition) is 4. The van der Waals surface area contributed by atoms with Crippen LogP contribution in [-0.2, 0) is 19.1 Å². The number of carbonyl (C=O) groups is 3. The van der Waals surface area contributed by atoms with Crippen LogP contribution in [0.3, 0.4) is 0 Å². The number of ether oxygens (including phenoxy) is 1. The average Bonchev–Trinajstić information content (AvgIpc) is 2.86. The van der Waals surface area contributed by atoms with E-state index in [1.54, 1.807) is 6.08 Å². The first-order valence-corrected chi connectivity index (χ1v) is 10.5. The van der Waals surface area contributed by atoms with Crippen molar-refractivity contribution in [3.8, 4) is 0 Å². The smallest absolute Gasteiger partial charge is 0.330 e. The van der Waals surface area contributed by atoms with Gasteiger partial charge in [-0.1, -0.05) is 86.5 Å². The van der Waals surface area contributed by atoms with Crippen LogP contribution < -0.4 is 0 Å². The van der Waals surface area contributed by atoms with Gasteiger partial charge in [0.05, 0.1) is 19.5 Å². The van der Waals surface area contributed by atoms with Gasteiger partial charge in [0, 0.05) is 18.1 Å². The van der Waals surface area contributed by atoms with Crippen molar-refractivity contribution in [3.63, 3.8) is 0 Å². The molecule has 0 spiro atoms. The number of aliphatic hydroxyl groups excluding tert-OH is 2. The molecule has 8 nitrogen and oxygen atoms in total. The van der Waals surface area contributed by atoms with Crippen LogP contribution in [0.4, 0.5) is 0 Å². The zero-order valence-electron chi connectivity index (χ0n) is 21.0. The summed E-state index contributed by atoms with van der Waals surface area (Å²) < 4.78 is 4.63. The Bertz CT molecular complexity index is 883. The molecule has 0 saturated carbocycles. The van der Waals surface area contributed by atoms with Crippen LogP contribution in [0.5, 0.6) is 0 Å². The molecule has 0 heterocycles. The van der Waals surface area contributed by atoms with Gasteiger partial charge in [0.1, 0.15) is 0 Å². The summed E-state index contributed by atoms with van der Waals surface area (Å²) in [7, 11) is 0. The van der Waals surface area contributed by atoms with Crippen LogP contribution in [-0.4, -0.2) is 51.5 Å². The van der Waals surface area contributed by atoms with Crippen molar-refractivity contribution in [3.05, 3.63) is 109 Å². The van der Waals surface area contributed by atoms with Crippen LogP contribution in [0.1, 0.15) is 31.9 Å². The fraction of sp³-hybridized carbons (Fsp3) is 0.179. The number of aliphatic hydroxyl groups is 2. The summed E-state index contributed by atoms with van der Waals surface area (Å²) in [6.45, 7) is 14.0. The number of carbonyl (C=O) groups excluding carboxylic acids is 1. The lowest BCUT2D eigenvalue weighted by Crippen LogP contribution is -1.92. The summed E-state index contributed by atoms with van der Waals surface area (Å²) in [4.78, 5) is 29.6. The van der Waals surface area contributed by atoms with E-state index in [-0.39, 0.29) is 30.3 Å². The van der Waals surface area contributed by atoms with Crippen molar-refractivity contribution in [2.45, 2.75) is 20.8 Å². The molecule has 0 unspecified atom stereocenters. The van der Waals surface area contributed by atoms with E-state index in [1.807, 2.05) is 66.7 Å². The number of benzene rings is 2. The van der Waals surface area contributed by atoms with Gasteiger partial charge in [-0.15, -0.1) is 0 Å². The molecule has 0 bridgehead atoms. The zero-order chi connectivity index (χ0) is 28.4. The monoisotopic (exact) mass is 500 g/mol. The summed E-state index contributed by atoms with van der Waals surface area (Å²) >= 11 is 0. The molecular weight excluding hydrogens is 464 g/mol. The molecule has 8 heteroatoms. The number of carboxylic acids is 2. The standard InChI is InChI=1S/C10H10O2.C8H8.2C4H6O2.C2H6O2/c1-9(11)12-8-7-10-5-3-2-4-6-10;1-2-8-6-4-3-5-7-8;2*1-3(2)4(5)6;3-1-2-4/h2-8H,1H3;2-7H,1H2;2*1H2,2H3,(H,5,6);3-4H,1-2H2. The second-order valence-corrected chi connectivity index (χ2v) is 6.56. The highest BCUT2D eigenvalue weighted by Gasteiger charge is 1.91. The van der Waals surface area contributed by atoms with E-state index in [4.69, 9.17) is 20.4 Å². The first-order valence-electron chi connectivity index (χ1n) is 10.5. The number of esters is 1. The summed E-state index contributed by atoms with van der Waals surface area (Å²) in [5.74, 6) is -2.17. The lowest BCUT2D eigenvalue weighted by Gasteiger charge is -1.91. The summed E-state index contributed by atoms with van der Waals surface area (Å²) in [5.41, 5.74) is 2.54. The largest absolute Gasteiger partial charge is 0.478 e. The van der Waals surface area contributed by atoms with E-state index in [2.05, 4.69) is 24.5 Å². The Morgan fingerprint density at radius 1 is 0.750 bits per heavy atom. The predicted molar refractivity (Wildman–Crippen MR) is 143 cm³/mol. The summed E-state index contributed by atoms with van der Waals surface area (Å²) in [6, 6.07) is 19.7. The Balaban J connectivity index is -0.000000400. The highest BCUT2D eigenvalue weighted by molar-refractivity contribution is 5.85. The first-order chi connectivity index (χ1) is 16.9. The Labute approximate surface area is 212 Å². The minimum atomic E-state index is -0.935. The van der Waals surface area contributed by atoms with Crippen molar-refractivity contribution in [1.29, 1.82) is 0 Å². The molecule has 2 rings (SSSR count). The Morgan fingerprint density at radius 2 is 1.08 bits per heavy atom. The molecule has 36 heavy (non-hydrogen) atoms. The van der Waals surface area contributed by atoms with Gasteiger partial charge in [0.25, 0.3) is 0 Å². The molecule has 0 aliphatic carbocycles. The second kappa shape index (κ2) is 25.4. The van der Waals surface area contributed by atoms with Crippen molar-refractivity contribution in [2.75, 3.05) is 13.2 Å². The van der Waals surface area contributed by atoms with E-state index < -0.39 is 11.9 Å². The third kappa shape index (κ3) is 29.7. The van der Waals surface area contributed by atoms with Crippen LogP contribution >= 0.6 is 0 Å². The number of carboxylic acid groups (broad SMARTS) is 2. The first kappa shape index (κ1) is 36.3. The fourth-order valence-electron chi connectivity index (χ4n) is 1.36. The third-order valence-corrected chi connectivity index (χ3v) is 3.16. The Hall–Kier alpha value is -4.27. The topological polar surface area (TPSA) is 141 Å². The van der Waals surface area contributed by atoms with Crippen LogP contribution in [0.2, 0.25) is 0 Å². The highest BCUT2D eigenvalue weighted by Crippen LogP contribution is 2.00. The molecule has 2 aromatic carbocycles. The zero-order valence-corrected chi connectivity index (χ0v) is 21.0. The molecule has 2 aromatic rings. The molecule has 0 radical (unpaired) electrons. The fourth-order valence-corrected chi connectivity index (χ4v) is 1.36. The Kier molecular flexibility index (Phi) is 25.6. The van der Waals surface area contributed by atoms with Gasteiger partial charge in [-0.2, -0.15) is 0 Å². The molecule has 0 atom stereocenters. The van der Waals surface area contributed by atoms with Crippen LogP contribution in [0.15, 0.2) is 97.8 Å². The molecular formula is C28H36O8. The lowest BCUT2D eigenvalue weighted by atomic mass is 10.2. The average molecular weight is 501 g/mol. The van der Waals surface area contributed by atoms with Crippen molar-refractivity contribution in [2.24, 2.45) is 0 Å². The second-order valence-electron chi connectivity index (χ2n) is 6.56. The molecule has 0 fully saturated rings. The van der Waals surface area contributed by atoms with E-state index in [1.165, 1.54) is 32.6 Å². The van der Waals surface area contributed by atoms with E-state index in [0.29, 0.717) is 0 Å². The van der Waals surface area contributed by atoms with Crippen molar-refractivity contribution < 1.29 is 39.5 Å². The maximum atomic E-state index is 10.4. The van der Waals surface area contributed by atoms with E-state index in [9.17, 15) is 14.4 Å². The maximum Gasteiger partial charge on any atom is 0.330 e. The van der Waals surface area contributed by atoms with Crippen LogP contribution in [0, 0.1) is 0 Å². The van der Waals surface area contributed by atoms with Gasteiger partial charge in [-0.25, -0.2) is 9.59 Å². The van der Waals surface area contributed by atoms with Crippen LogP contribution in [0.25, 0.3) is 12.2 Å². The molecule has 0 amide bonds. The molecule has 0 aliphatic rings. The Morgan fingerprint density at radius 3 is 1.31 bits per heavy atom. The quantitative estimate of drug-likeness (QED) is 0.251. The SMILES string of the molecule is C=C(C)C(=O)O.C=C(C)C(=O)O.C=Cc1ccccc1.CC(=O)OC=Cc1ccccc1.OCCO. The van der Waals surface area contributed by atoms with E-state index >= 15 is 0 Å². The van der Waals surface area contributed by atoms with Gasteiger partial charge in [0.2, 0.25) is 0 Å². The van der Waals surface area contributed by atoms with Gasteiger partial charge in [-0.3, -0.25) is 4.79 Å². The highest BCUT2D eigenvalue weighted by atomic mass is 16.5. The minimum absolute atomic E-state index is 0.125. The van der Waals surface area contributed by atoms with Gasteiger partial charge in [-0.05, 0) is 31.1 Å². The summed E-state index contributed by atoms with van der Waals surface area (Å²) in [5, 5.41) is 31.0. The molecule has 196 valence electrons. The van der Waals surface area contributed by atoms with E-state index in [0.717, 1.165) is 5.56 Å². The molecule has 0 aromatic heterocycles. The molecule has 0 saturated heterocycles. The summed E-state index contributed by atoms with van der Waals surface area (Å²) in [6.07, 6.45) is 4.96. The number of rotatable bonds is 6. The lowest BCUT2D eigenvalue weighted by molar-refractivity contribution is -0.135. The number of hydrogen-bond acceptors (Lipinski definition) is 6. The van der Waals surface area contributed by atoms with Crippen molar-refractivity contribution >= 4 is 30.1 Å². The predicted octanol–water partition coefficient (Wildman–Crippen LogP) is 4.82. The number of aliphatic carboxylic acids is 2. The van der Waals surface area contributed by atoms with Crippen molar-refractivity contribution in [1.82, 2.24) is 0 Å². The van der Waals surface area contributed by atoms with Gasteiger partial charge in [0.15, 0.2) is 0 Å². The molecule has 0 aliphatic heterocycles. The molecule has 4 N–H and O–H groups in total. The minimum Gasteiger partial charge on any atom is -0.478 e. The maximum absolute atomic E-state index is 10.4.